The SMILES string of the molecule is CN(CC(=O)Nc1ccc(Cl)c(Cl)c1)C([O-])=c1ccc(=C2N=NN=N2)cc1. The molecule has 0 aliphatic carbocycles. The lowest BCUT2D eigenvalue weighted by Gasteiger charge is -2.26. The van der Waals surface area contributed by atoms with Gasteiger partial charge in [0.15, 0.2) is 0 Å². The first-order chi connectivity index (χ1) is 12.9. The Bertz CT molecular complexity index is 1030. The summed E-state index contributed by atoms with van der Waals surface area (Å²) in [6, 6.07) is 11.4. The molecule has 0 fully saturated rings. The third-order valence-corrected chi connectivity index (χ3v) is 4.38. The molecule has 0 saturated heterocycles. The van der Waals surface area contributed by atoms with E-state index in [9.17, 15) is 9.90 Å². The monoisotopic (exact) mass is 403 g/mol. The molecule has 3 rings (SSSR count). The van der Waals surface area contributed by atoms with Gasteiger partial charge in [-0.2, -0.15) is 0 Å². The van der Waals surface area contributed by atoms with Crippen molar-refractivity contribution in [2.45, 2.75) is 0 Å². The second-order valence-electron chi connectivity index (χ2n) is 5.62. The molecule has 0 radical (unpaired) electrons. The van der Waals surface area contributed by atoms with E-state index in [-0.39, 0.29) is 18.3 Å². The van der Waals surface area contributed by atoms with Crippen molar-refractivity contribution in [1.82, 2.24) is 4.90 Å². The van der Waals surface area contributed by atoms with Crippen molar-refractivity contribution in [3.8, 4) is 0 Å². The lowest BCUT2D eigenvalue weighted by Crippen LogP contribution is -2.37. The number of hydrogen-bond donors (Lipinski definition) is 1. The molecule has 0 aromatic heterocycles. The molecule has 0 spiro atoms. The summed E-state index contributed by atoms with van der Waals surface area (Å²) in [7, 11) is 1.54. The molecular weight excluding hydrogens is 391 g/mol. The predicted molar refractivity (Wildman–Crippen MR) is 99.9 cm³/mol. The van der Waals surface area contributed by atoms with Crippen LogP contribution < -0.4 is 20.9 Å². The first-order valence-corrected chi connectivity index (χ1v) is 8.49. The van der Waals surface area contributed by atoms with E-state index < -0.39 is 0 Å². The first-order valence-electron chi connectivity index (χ1n) is 7.73. The maximum atomic E-state index is 12.5. The van der Waals surface area contributed by atoms with Crippen molar-refractivity contribution in [3.63, 3.8) is 0 Å². The Kier molecular flexibility index (Phi) is 5.68. The molecule has 1 aliphatic heterocycles. The van der Waals surface area contributed by atoms with Gasteiger partial charge in [0, 0.05) is 18.0 Å². The Labute approximate surface area is 164 Å². The fraction of sp³-hybridized carbons (Fsp3) is 0.118. The number of benzene rings is 2. The molecule has 10 heteroatoms. The Morgan fingerprint density at radius 1 is 1.07 bits per heavy atom. The van der Waals surface area contributed by atoms with Crippen LogP contribution in [0.15, 0.2) is 63.1 Å². The zero-order valence-corrected chi connectivity index (χ0v) is 15.6. The van der Waals surface area contributed by atoms with E-state index in [1.54, 1.807) is 43.4 Å². The van der Waals surface area contributed by atoms with Gasteiger partial charge in [0.1, 0.15) is 0 Å². The number of nitrogens with zero attached hydrogens (tertiary/aromatic N) is 5. The Hall–Kier alpha value is -2.97. The van der Waals surface area contributed by atoms with E-state index in [0.29, 0.717) is 32.0 Å². The molecular formula is C17H13Cl2N6O2-. The van der Waals surface area contributed by atoms with Gasteiger partial charge in [-0.15, -0.1) is 10.2 Å². The fourth-order valence-corrected chi connectivity index (χ4v) is 2.60. The summed E-state index contributed by atoms with van der Waals surface area (Å²) in [4.78, 5) is 13.5. The largest absolute Gasteiger partial charge is 0.860 e. The minimum atomic E-state index is -0.358. The van der Waals surface area contributed by atoms with E-state index in [1.165, 1.54) is 11.0 Å². The second-order valence-corrected chi connectivity index (χ2v) is 6.43. The normalized spacial score (nSPS) is 12.3. The standard InChI is InChI=1S/C17H14Cl2N6O2/c1-25(9-15(26)20-12-6-7-13(18)14(19)8-12)17(27)11-4-2-10(3-5-11)16-21-23-24-22-16/h2-8,27H,9H2,1H3,(H,20,26)/p-1. The van der Waals surface area contributed by atoms with E-state index >= 15 is 0 Å². The number of halogens is 2. The Balaban J connectivity index is 1.71. The fourth-order valence-electron chi connectivity index (χ4n) is 2.30. The maximum Gasteiger partial charge on any atom is 0.243 e. The minimum absolute atomic E-state index is 0.124. The van der Waals surface area contributed by atoms with Crippen molar-refractivity contribution in [1.29, 1.82) is 0 Å². The summed E-state index contributed by atoms with van der Waals surface area (Å²) >= 11 is 11.8. The molecule has 2 aromatic rings. The number of nitrogens with one attached hydrogen (secondary N) is 1. The van der Waals surface area contributed by atoms with Gasteiger partial charge in [-0.25, -0.2) is 0 Å². The molecule has 138 valence electrons. The summed E-state index contributed by atoms with van der Waals surface area (Å²) in [6.45, 7) is -0.124. The summed E-state index contributed by atoms with van der Waals surface area (Å²) in [5.74, 6) is -0.280. The summed E-state index contributed by atoms with van der Waals surface area (Å²) < 4.78 is 0. The van der Waals surface area contributed by atoms with Crippen molar-refractivity contribution >= 4 is 46.5 Å². The van der Waals surface area contributed by atoms with Crippen LogP contribution in [0.25, 0.3) is 11.7 Å². The van der Waals surface area contributed by atoms with Crippen LogP contribution in [0.3, 0.4) is 0 Å². The molecule has 1 heterocycles. The van der Waals surface area contributed by atoms with Crippen LogP contribution in [0.1, 0.15) is 0 Å². The summed E-state index contributed by atoms with van der Waals surface area (Å²) in [6.07, 6.45) is 0. The molecule has 1 N–H and O–H groups in total. The molecule has 1 aliphatic rings. The summed E-state index contributed by atoms with van der Waals surface area (Å²) in [5, 5.41) is 31.3. The van der Waals surface area contributed by atoms with Gasteiger partial charge in [-0.05, 0) is 39.7 Å². The molecule has 0 saturated carbocycles. The van der Waals surface area contributed by atoms with Gasteiger partial charge >= 0.3 is 0 Å². The topological polar surface area (TPSA) is 105 Å². The molecule has 2 aromatic carbocycles. The van der Waals surface area contributed by atoms with E-state index in [1.807, 2.05) is 0 Å². The van der Waals surface area contributed by atoms with Crippen LogP contribution in [-0.2, 0) is 4.79 Å². The smallest absolute Gasteiger partial charge is 0.243 e. The van der Waals surface area contributed by atoms with E-state index in [0.717, 1.165) is 0 Å². The average molecular weight is 404 g/mol. The molecule has 1 amide bonds. The average Bonchev–Trinajstić information content (AvgIpc) is 3.19. The highest BCUT2D eigenvalue weighted by molar-refractivity contribution is 6.42. The molecule has 0 unspecified atom stereocenters. The molecule has 0 atom stereocenters. The van der Waals surface area contributed by atoms with Crippen LogP contribution in [-0.4, -0.2) is 24.4 Å². The highest BCUT2D eigenvalue weighted by Gasteiger charge is 2.07. The quantitative estimate of drug-likeness (QED) is 0.841. The van der Waals surface area contributed by atoms with Gasteiger partial charge in [0.2, 0.25) is 11.7 Å². The number of likely N-dealkylation sites (N-methyl/N-ethyl adjacent to an activating group) is 1. The van der Waals surface area contributed by atoms with Gasteiger partial charge < -0.3 is 15.3 Å². The lowest BCUT2D eigenvalue weighted by atomic mass is 10.2. The van der Waals surface area contributed by atoms with Gasteiger partial charge in [0.25, 0.3) is 0 Å². The second kappa shape index (κ2) is 8.15. The highest BCUT2D eigenvalue weighted by atomic mass is 35.5. The summed E-state index contributed by atoms with van der Waals surface area (Å²) in [5.41, 5.74) is 0.497. The van der Waals surface area contributed by atoms with Crippen molar-refractivity contribution in [2.24, 2.45) is 20.7 Å². The van der Waals surface area contributed by atoms with Gasteiger partial charge in [0.05, 0.1) is 16.6 Å². The first kappa shape index (κ1) is 18.8. The molecule has 8 nitrogen and oxygen atoms in total. The van der Waals surface area contributed by atoms with Crippen molar-refractivity contribution < 1.29 is 9.90 Å². The van der Waals surface area contributed by atoms with Gasteiger partial charge in [-0.1, -0.05) is 47.5 Å². The number of hydrogen-bond acceptors (Lipinski definition) is 7. The molecule has 0 bridgehead atoms. The highest BCUT2D eigenvalue weighted by Crippen LogP contribution is 2.24. The third-order valence-electron chi connectivity index (χ3n) is 3.64. The van der Waals surface area contributed by atoms with Gasteiger partial charge in [-0.3, -0.25) is 4.79 Å². The number of anilines is 1. The Morgan fingerprint density at radius 2 is 1.74 bits per heavy atom. The number of rotatable bonds is 4. The van der Waals surface area contributed by atoms with Crippen molar-refractivity contribution in [3.05, 3.63) is 62.9 Å². The van der Waals surface area contributed by atoms with Crippen LogP contribution in [0.4, 0.5) is 5.69 Å². The maximum absolute atomic E-state index is 12.5. The van der Waals surface area contributed by atoms with E-state index in [2.05, 4.69) is 26.0 Å². The third kappa shape index (κ3) is 4.60. The van der Waals surface area contributed by atoms with E-state index in [4.69, 9.17) is 23.2 Å². The lowest BCUT2D eigenvalue weighted by molar-refractivity contribution is -0.270. The van der Waals surface area contributed by atoms with Crippen LogP contribution >= 0.6 is 23.2 Å². The van der Waals surface area contributed by atoms with Crippen LogP contribution in [0.5, 0.6) is 0 Å². The number of amides is 1. The predicted octanol–water partition coefficient (Wildman–Crippen LogP) is 1.89. The Morgan fingerprint density at radius 3 is 2.37 bits per heavy atom. The van der Waals surface area contributed by atoms with Crippen molar-refractivity contribution in [2.75, 3.05) is 18.9 Å². The zero-order chi connectivity index (χ0) is 19.4. The molecule has 27 heavy (non-hydrogen) atoms. The zero-order valence-electron chi connectivity index (χ0n) is 14.1. The minimum Gasteiger partial charge on any atom is -0.860 e. The van der Waals surface area contributed by atoms with Crippen LogP contribution in [0, 0.1) is 0 Å². The number of carbonyl (C=O) groups excluding carboxylic acids is 1. The number of carbonyl (C=O) groups is 1. The van der Waals surface area contributed by atoms with Crippen LogP contribution in [0.2, 0.25) is 10.0 Å².